The van der Waals surface area contributed by atoms with Crippen molar-refractivity contribution in [2.24, 2.45) is 5.14 Å². The smallest absolute Gasteiger partial charge is 0.266 e. The number of hydrogen-bond acceptors (Lipinski definition) is 4. The van der Waals surface area contributed by atoms with Gasteiger partial charge in [-0.3, -0.25) is 4.79 Å². The molecular weight excluding hydrogens is 244 g/mol. The first kappa shape index (κ1) is 11.9. The van der Waals surface area contributed by atoms with E-state index in [1.165, 1.54) is 0 Å². The maximum Gasteiger partial charge on any atom is 0.266 e. The lowest BCUT2D eigenvalue weighted by molar-refractivity contribution is -0.122. The van der Waals surface area contributed by atoms with Crippen molar-refractivity contribution >= 4 is 21.6 Å². The van der Waals surface area contributed by atoms with Gasteiger partial charge in [-0.2, -0.15) is 0 Å². The molecule has 2 rings (SSSR count). The van der Waals surface area contributed by atoms with Crippen molar-refractivity contribution in [3.63, 3.8) is 0 Å². The molecule has 1 heterocycles. The summed E-state index contributed by atoms with van der Waals surface area (Å²) in [6.45, 7) is 1.87. The summed E-state index contributed by atoms with van der Waals surface area (Å²) in [6.07, 6.45) is -1.10. The number of rotatable bonds is 2. The topological polar surface area (TPSA) is 98.5 Å². The first-order valence-electron chi connectivity index (χ1n) is 4.94. The van der Waals surface area contributed by atoms with Gasteiger partial charge in [-0.15, -0.1) is 0 Å². The molecule has 1 aliphatic heterocycles. The van der Waals surface area contributed by atoms with Gasteiger partial charge in [-0.25, -0.2) is 13.6 Å². The first-order valence-corrected chi connectivity index (χ1v) is 6.65. The van der Waals surface area contributed by atoms with Crippen molar-refractivity contribution in [2.75, 3.05) is 11.1 Å². The number of primary sulfonamides is 1. The molecule has 0 spiro atoms. The largest absolute Gasteiger partial charge is 0.477 e. The summed E-state index contributed by atoms with van der Waals surface area (Å²) in [6, 6.07) is 5.25. The molecule has 0 saturated heterocycles. The number of nitrogens with two attached hydrogens (primary N) is 1. The van der Waals surface area contributed by atoms with Crippen molar-refractivity contribution in [3.05, 3.63) is 23.8 Å². The van der Waals surface area contributed by atoms with Crippen LogP contribution in [0.2, 0.25) is 0 Å². The maximum atomic E-state index is 11.6. The summed E-state index contributed by atoms with van der Waals surface area (Å²) in [5.74, 6) is -0.583. The van der Waals surface area contributed by atoms with Crippen LogP contribution in [-0.4, -0.2) is 26.2 Å². The van der Waals surface area contributed by atoms with Gasteiger partial charge in [0.2, 0.25) is 10.0 Å². The number of aryl methyl sites for hydroxylation is 1. The number of sulfonamides is 1. The molecule has 1 atom stereocenters. The van der Waals surface area contributed by atoms with Gasteiger partial charge in [0, 0.05) is 0 Å². The summed E-state index contributed by atoms with van der Waals surface area (Å²) >= 11 is 0. The standard InChI is InChI=1S/C10H12N2O4S/c1-6-2-3-7-8(4-6)16-9(10(13)12-7)5-17(11,14)15/h2-4,9H,5H2,1H3,(H,12,13)(H2,11,14,15). The minimum Gasteiger partial charge on any atom is -0.477 e. The Morgan fingerprint density at radius 3 is 2.82 bits per heavy atom. The fourth-order valence-electron chi connectivity index (χ4n) is 1.57. The molecule has 0 bridgehead atoms. The fourth-order valence-corrected chi connectivity index (χ4v) is 2.21. The van der Waals surface area contributed by atoms with Gasteiger partial charge in [0.05, 0.1) is 5.69 Å². The molecule has 3 N–H and O–H groups in total. The van der Waals surface area contributed by atoms with Crippen molar-refractivity contribution in [3.8, 4) is 5.75 Å². The van der Waals surface area contributed by atoms with Gasteiger partial charge < -0.3 is 10.1 Å². The van der Waals surface area contributed by atoms with Crippen LogP contribution in [0.1, 0.15) is 5.56 Å². The van der Waals surface area contributed by atoms with Crippen LogP contribution in [-0.2, 0) is 14.8 Å². The second-order valence-corrected chi connectivity index (χ2v) is 5.58. The highest BCUT2D eigenvalue weighted by Crippen LogP contribution is 2.30. The third kappa shape index (κ3) is 2.75. The highest BCUT2D eigenvalue weighted by atomic mass is 32.2. The molecule has 0 fully saturated rings. The summed E-state index contributed by atoms with van der Waals surface area (Å²) < 4.78 is 27.2. The average molecular weight is 256 g/mol. The zero-order valence-electron chi connectivity index (χ0n) is 9.14. The number of amides is 1. The van der Waals surface area contributed by atoms with Crippen LogP contribution in [0.3, 0.4) is 0 Å². The number of ether oxygens (including phenoxy) is 1. The highest BCUT2D eigenvalue weighted by molar-refractivity contribution is 7.89. The number of benzene rings is 1. The molecule has 1 unspecified atom stereocenters. The number of nitrogens with one attached hydrogen (secondary N) is 1. The van der Waals surface area contributed by atoms with Crippen molar-refractivity contribution in [1.29, 1.82) is 0 Å². The quantitative estimate of drug-likeness (QED) is 0.777. The summed E-state index contributed by atoms with van der Waals surface area (Å²) in [5, 5.41) is 7.47. The zero-order valence-corrected chi connectivity index (χ0v) is 9.95. The van der Waals surface area contributed by atoms with E-state index >= 15 is 0 Å². The van der Waals surface area contributed by atoms with Gasteiger partial charge in [0.25, 0.3) is 5.91 Å². The monoisotopic (exact) mass is 256 g/mol. The number of carbonyl (C=O) groups excluding carboxylic acids is 1. The number of carbonyl (C=O) groups is 1. The number of hydrogen-bond donors (Lipinski definition) is 2. The molecule has 6 nitrogen and oxygen atoms in total. The Labute approximate surface area is 98.8 Å². The van der Waals surface area contributed by atoms with Crippen LogP contribution < -0.4 is 15.2 Å². The van der Waals surface area contributed by atoms with Crippen LogP contribution in [0, 0.1) is 6.92 Å². The molecule has 92 valence electrons. The third-order valence-corrected chi connectivity index (χ3v) is 3.11. The predicted molar refractivity (Wildman–Crippen MR) is 62.2 cm³/mol. The second kappa shape index (κ2) is 4.01. The average Bonchev–Trinajstić information content (AvgIpc) is 2.17. The minimum absolute atomic E-state index is 0.457. The molecule has 0 saturated carbocycles. The Bertz CT molecular complexity index is 568. The van der Waals surface area contributed by atoms with Crippen LogP contribution in [0.5, 0.6) is 5.75 Å². The molecule has 1 aromatic carbocycles. The van der Waals surface area contributed by atoms with Crippen LogP contribution in [0.25, 0.3) is 0 Å². The van der Waals surface area contributed by atoms with Gasteiger partial charge >= 0.3 is 0 Å². The number of anilines is 1. The zero-order chi connectivity index (χ0) is 12.6. The van der Waals surface area contributed by atoms with E-state index in [-0.39, 0.29) is 0 Å². The lowest BCUT2D eigenvalue weighted by atomic mass is 10.1. The lowest BCUT2D eigenvalue weighted by Crippen LogP contribution is -2.43. The van der Waals surface area contributed by atoms with E-state index in [0.29, 0.717) is 11.4 Å². The Morgan fingerprint density at radius 2 is 2.18 bits per heavy atom. The maximum absolute atomic E-state index is 11.6. The van der Waals surface area contributed by atoms with E-state index in [4.69, 9.17) is 9.88 Å². The van der Waals surface area contributed by atoms with Gasteiger partial charge in [-0.1, -0.05) is 6.07 Å². The Balaban J connectivity index is 2.28. The van der Waals surface area contributed by atoms with E-state index in [0.717, 1.165) is 5.56 Å². The summed E-state index contributed by atoms with van der Waals surface area (Å²) in [4.78, 5) is 11.6. The molecule has 0 aliphatic carbocycles. The Morgan fingerprint density at radius 1 is 1.47 bits per heavy atom. The molecule has 0 aromatic heterocycles. The minimum atomic E-state index is -3.76. The van der Waals surface area contributed by atoms with Gasteiger partial charge in [0.1, 0.15) is 11.5 Å². The lowest BCUT2D eigenvalue weighted by Gasteiger charge is -2.25. The van der Waals surface area contributed by atoms with E-state index in [1.807, 2.05) is 13.0 Å². The predicted octanol–water partition coefficient (Wildman–Crippen LogP) is -0.0170. The van der Waals surface area contributed by atoms with Crippen molar-refractivity contribution in [1.82, 2.24) is 0 Å². The van der Waals surface area contributed by atoms with Crippen LogP contribution in [0.4, 0.5) is 5.69 Å². The highest BCUT2D eigenvalue weighted by Gasteiger charge is 2.30. The van der Waals surface area contributed by atoms with Crippen LogP contribution in [0.15, 0.2) is 18.2 Å². The third-order valence-electron chi connectivity index (χ3n) is 2.34. The normalized spacial score (nSPS) is 19.2. The first-order chi connectivity index (χ1) is 7.85. The van der Waals surface area contributed by atoms with Gasteiger partial charge in [0.15, 0.2) is 6.10 Å². The molecule has 7 heteroatoms. The molecule has 17 heavy (non-hydrogen) atoms. The van der Waals surface area contributed by atoms with E-state index < -0.39 is 27.8 Å². The Hall–Kier alpha value is -1.60. The van der Waals surface area contributed by atoms with Crippen molar-refractivity contribution in [2.45, 2.75) is 13.0 Å². The molecule has 1 aromatic rings. The second-order valence-electron chi connectivity index (χ2n) is 3.92. The fraction of sp³-hybridized carbons (Fsp3) is 0.300. The molecule has 0 radical (unpaired) electrons. The van der Waals surface area contributed by atoms with E-state index in [2.05, 4.69) is 5.32 Å². The van der Waals surface area contributed by atoms with E-state index in [9.17, 15) is 13.2 Å². The van der Waals surface area contributed by atoms with E-state index in [1.54, 1.807) is 12.1 Å². The van der Waals surface area contributed by atoms with Gasteiger partial charge in [-0.05, 0) is 24.6 Å². The summed E-state index contributed by atoms with van der Waals surface area (Å²) in [7, 11) is -3.76. The molecule has 1 amide bonds. The SMILES string of the molecule is Cc1ccc2c(c1)OC(CS(N)(=O)=O)C(=O)N2. The Kier molecular flexibility index (Phi) is 2.80. The van der Waals surface area contributed by atoms with Crippen molar-refractivity contribution < 1.29 is 17.9 Å². The number of fused-ring (bicyclic) bond motifs is 1. The summed E-state index contributed by atoms with van der Waals surface area (Å²) in [5.41, 5.74) is 1.49. The molecule has 1 aliphatic rings. The molecular formula is C10H12N2O4S. The van der Waals surface area contributed by atoms with Crippen LogP contribution >= 0.6 is 0 Å².